The third kappa shape index (κ3) is 3.88. The molecule has 0 radical (unpaired) electrons. The van der Waals surface area contributed by atoms with E-state index in [0.29, 0.717) is 32.0 Å². The van der Waals surface area contributed by atoms with Crippen LogP contribution in [0.5, 0.6) is 0 Å². The van der Waals surface area contributed by atoms with E-state index in [1.54, 1.807) is 26.8 Å². The van der Waals surface area contributed by atoms with Crippen LogP contribution in [0.1, 0.15) is 19.4 Å². The lowest BCUT2D eigenvalue weighted by Crippen LogP contribution is -2.30. The molecule has 1 aliphatic rings. The Morgan fingerprint density at radius 3 is 2.54 bits per heavy atom. The fraction of sp³-hybridized carbons (Fsp3) is 0.438. The van der Waals surface area contributed by atoms with Gasteiger partial charge in [-0.2, -0.15) is 4.31 Å². The first-order valence-corrected chi connectivity index (χ1v) is 9.20. The van der Waals surface area contributed by atoms with Crippen LogP contribution in [0.4, 0.5) is 5.69 Å². The number of rotatable bonds is 6. The highest BCUT2D eigenvalue weighted by molar-refractivity contribution is 7.89. The molecule has 0 fully saturated rings. The number of hydrogen-bond donors (Lipinski definition) is 1. The van der Waals surface area contributed by atoms with Gasteiger partial charge >= 0.3 is 0 Å². The molecule has 0 spiro atoms. The van der Waals surface area contributed by atoms with Gasteiger partial charge in [0.1, 0.15) is 19.5 Å². The van der Waals surface area contributed by atoms with Crippen molar-refractivity contribution in [2.75, 3.05) is 31.6 Å². The van der Waals surface area contributed by atoms with Crippen LogP contribution in [0.15, 0.2) is 35.1 Å². The molecule has 0 saturated carbocycles. The van der Waals surface area contributed by atoms with Gasteiger partial charge in [-0.15, -0.1) is 0 Å². The molecule has 2 rings (SSSR count). The number of amides is 1. The van der Waals surface area contributed by atoms with Crippen molar-refractivity contribution in [1.29, 1.82) is 0 Å². The smallest absolute Gasteiger partial charge is 0.294 e. The number of hydrogen-bond acceptors (Lipinski definition) is 5. The van der Waals surface area contributed by atoms with Crippen molar-refractivity contribution >= 4 is 21.6 Å². The molecule has 0 atom stereocenters. The Hall–Kier alpha value is -2.06. The predicted octanol–water partition coefficient (Wildman–Crippen LogP) is 1.85. The third-order valence-corrected chi connectivity index (χ3v) is 5.72. The molecule has 1 aromatic carbocycles. The van der Waals surface area contributed by atoms with Crippen molar-refractivity contribution < 1.29 is 22.7 Å². The second kappa shape index (κ2) is 7.67. The number of nitrogens with zero attached hydrogens (tertiary/aromatic N) is 1. The van der Waals surface area contributed by atoms with Gasteiger partial charge in [-0.05, 0) is 24.6 Å². The van der Waals surface area contributed by atoms with E-state index in [9.17, 15) is 13.2 Å². The SMILES string of the molecule is CCN(CC)S(=O)(=O)c1ccc(C)c(NC(=O)C2=COCCO2)c1. The zero-order valence-corrected chi connectivity index (χ0v) is 14.9. The highest BCUT2D eigenvalue weighted by atomic mass is 32.2. The minimum atomic E-state index is -3.59. The summed E-state index contributed by atoms with van der Waals surface area (Å²) in [6.07, 6.45) is 1.25. The van der Waals surface area contributed by atoms with Gasteiger partial charge in [0.15, 0.2) is 0 Å². The summed E-state index contributed by atoms with van der Waals surface area (Å²) >= 11 is 0. The molecule has 0 saturated heterocycles. The second-order valence-corrected chi connectivity index (χ2v) is 7.16. The molecule has 24 heavy (non-hydrogen) atoms. The average Bonchev–Trinajstić information content (AvgIpc) is 2.58. The second-order valence-electron chi connectivity index (χ2n) is 5.22. The third-order valence-electron chi connectivity index (χ3n) is 3.67. The van der Waals surface area contributed by atoms with Crippen molar-refractivity contribution in [2.24, 2.45) is 0 Å². The number of ether oxygens (including phenoxy) is 2. The maximum Gasteiger partial charge on any atom is 0.294 e. The standard InChI is InChI=1S/C16H22N2O5S/c1-4-18(5-2)24(20,21)13-7-6-12(3)14(10-13)17-16(19)15-11-22-8-9-23-15/h6-7,10-11H,4-5,8-9H2,1-3H3,(H,17,19). The van der Waals surface area contributed by atoms with E-state index in [2.05, 4.69) is 5.32 Å². The summed E-state index contributed by atoms with van der Waals surface area (Å²) < 4.78 is 36.8. The summed E-state index contributed by atoms with van der Waals surface area (Å²) in [4.78, 5) is 12.3. The Bertz CT molecular complexity index is 739. The first-order chi connectivity index (χ1) is 11.4. The number of aryl methyl sites for hydroxylation is 1. The number of benzene rings is 1. The topological polar surface area (TPSA) is 84.9 Å². The van der Waals surface area contributed by atoms with Crippen molar-refractivity contribution in [2.45, 2.75) is 25.7 Å². The van der Waals surface area contributed by atoms with E-state index >= 15 is 0 Å². The van der Waals surface area contributed by atoms with Crippen LogP contribution in [0, 0.1) is 6.92 Å². The van der Waals surface area contributed by atoms with E-state index in [4.69, 9.17) is 9.47 Å². The summed E-state index contributed by atoms with van der Waals surface area (Å²) in [5, 5.41) is 2.67. The quantitative estimate of drug-likeness (QED) is 0.843. The van der Waals surface area contributed by atoms with Crippen molar-refractivity contribution in [3.05, 3.63) is 35.8 Å². The first-order valence-electron chi connectivity index (χ1n) is 7.76. The maximum absolute atomic E-state index is 12.6. The number of nitrogens with one attached hydrogen (secondary N) is 1. The Kier molecular flexibility index (Phi) is 5.84. The maximum atomic E-state index is 12.6. The monoisotopic (exact) mass is 354 g/mol. The fourth-order valence-electron chi connectivity index (χ4n) is 2.28. The Morgan fingerprint density at radius 2 is 1.96 bits per heavy atom. The van der Waals surface area contributed by atoms with Crippen LogP contribution < -0.4 is 5.32 Å². The summed E-state index contributed by atoms with van der Waals surface area (Å²) in [6, 6.07) is 4.67. The van der Waals surface area contributed by atoms with Crippen LogP contribution >= 0.6 is 0 Å². The van der Waals surface area contributed by atoms with Gasteiger partial charge in [-0.1, -0.05) is 19.9 Å². The zero-order chi connectivity index (χ0) is 17.7. The molecule has 1 N–H and O–H groups in total. The summed E-state index contributed by atoms with van der Waals surface area (Å²) in [7, 11) is -3.59. The van der Waals surface area contributed by atoms with Crippen LogP contribution in [-0.2, 0) is 24.3 Å². The summed E-state index contributed by atoms with van der Waals surface area (Å²) in [6.45, 7) is 6.81. The normalized spacial score (nSPS) is 14.6. The summed E-state index contributed by atoms with van der Waals surface area (Å²) in [5.74, 6) is -0.409. The van der Waals surface area contributed by atoms with E-state index < -0.39 is 15.9 Å². The summed E-state index contributed by atoms with van der Waals surface area (Å²) in [5.41, 5.74) is 1.17. The molecule has 0 aromatic heterocycles. The predicted molar refractivity (Wildman–Crippen MR) is 89.9 cm³/mol. The lowest BCUT2D eigenvalue weighted by Gasteiger charge is -2.20. The Balaban J connectivity index is 2.29. The van der Waals surface area contributed by atoms with Gasteiger partial charge in [0.05, 0.1) is 4.90 Å². The van der Waals surface area contributed by atoms with E-state index in [-0.39, 0.29) is 10.7 Å². The van der Waals surface area contributed by atoms with Crippen molar-refractivity contribution in [3.63, 3.8) is 0 Å². The van der Waals surface area contributed by atoms with Gasteiger partial charge in [0.25, 0.3) is 5.91 Å². The largest absolute Gasteiger partial charge is 0.494 e. The number of anilines is 1. The average molecular weight is 354 g/mol. The van der Waals surface area contributed by atoms with Gasteiger partial charge < -0.3 is 14.8 Å². The number of carbonyl (C=O) groups excluding carboxylic acids is 1. The van der Waals surface area contributed by atoms with Crippen molar-refractivity contribution in [3.8, 4) is 0 Å². The van der Waals surface area contributed by atoms with Gasteiger partial charge in [-0.25, -0.2) is 8.42 Å². The molecule has 0 unspecified atom stereocenters. The minimum absolute atomic E-state index is 0.0673. The van der Waals surface area contributed by atoms with E-state index in [1.807, 2.05) is 0 Å². The minimum Gasteiger partial charge on any atom is -0.494 e. The molecule has 1 amide bonds. The molecule has 0 aliphatic carbocycles. The molecule has 0 bridgehead atoms. The molecule has 1 heterocycles. The molecule has 1 aromatic rings. The fourth-order valence-corrected chi connectivity index (χ4v) is 3.76. The van der Waals surface area contributed by atoms with Gasteiger partial charge in [-0.3, -0.25) is 4.79 Å². The highest BCUT2D eigenvalue weighted by Gasteiger charge is 2.23. The van der Waals surface area contributed by atoms with Crippen LogP contribution in [0.25, 0.3) is 0 Å². The van der Waals surface area contributed by atoms with Crippen LogP contribution in [0.2, 0.25) is 0 Å². The van der Waals surface area contributed by atoms with Gasteiger partial charge in [0, 0.05) is 18.8 Å². The van der Waals surface area contributed by atoms with Gasteiger partial charge in [0.2, 0.25) is 15.8 Å². The first kappa shape index (κ1) is 18.3. The van der Waals surface area contributed by atoms with Crippen LogP contribution in [0.3, 0.4) is 0 Å². The van der Waals surface area contributed by atoms with E-state index in [0.717, 1.165) is 5.56 Å². The Morgan fingerprint density at radius 1 is 1.25 bits per heavy atom. The molecular formula is C16H22N2O5S. The van der Waals surface area contributed by atoms with E-state index in [1.165, 1.54) is 22.7 Å². The molecule has 8 heteroatoms. The highest BCUT2D eigenvalue weighted by Crippen LogP contribution is 2.23. The molecule has 132 valence electrons. The van der Waals surface area contributed by atoms with Crippen molar-refractivity contribution in [1.82, 2.24) is 4.31 Å². The zero-order valence-electron chi connectivity index (χ0n) is 14.0. The molecular weight excluding hydrogens is 332 g/mol. The Labute approximate surface area is 142 Å². The molecule has 7 nitrogen and oxygen atoms in total. The van der Waals surface area contributed by atoms with Crippen LogP contribution in [-0.4, -0.2) is 44.9 Å². The lowest BCUT2D eigenvalue weighted by atomic mass is 10.2. The number of sulfonamides is 1. The number of carbonyl (C=O) groups is 1. The lowest BCUT2D eigenvalue weighted by molar-refractivity contribution is -0.117. The molecule has 1 aliphatic heterocycles.